The number of fused-ring (bicyclic) bond motifs is 1. The Morgan fingerprint density at radius 1 is 0.556 bits per heavy atom. The van der Waals surface area contributed by atoms with Crippen molar-refractivity contribution in [3.8, 4) is 11.3 Å². The third-order valence-electron chi connectivity index (χ3n) is 2.69. The molecule has 2 nitrogen and oxygen atoms in total. The molecule has 0 fully saturated rings. The largest absolute Gasteiger partial charge is 0.456 e. The van der Waals surface area contributed by atoms with Crippen molar-refractivity contribution in [2.75, 3.05) is 0 Å². The second-order valence-corrected chi connectivity index (χ2v) is 3.84. The van der Waals surface area contributed by atoms with Crippen LogP contribution in [0.25, 0.3) is 22.3 Å². The fourth-order valence-electron chi connectivity index (χ4n) is 1.85. The highest BCUT2D eigenvalue weighted by Crippen LogP contribution is 2.21. The van der Waals surface area contributed by atoms with E-state index in [1.807, 2.05) is 48.5 Å². The van der Waals surface area contributed by atoms with E-state index in [9.17, 15) is 4.79 Å². The summed E-state index contributed by atoms with van der Waals surface area (Å²) in [7, 11) is 0. The summed E-state index contributed by atoms with van der Waals surface area (Å²) in [5, 5.41) is 0.618. The first-order valence-electron chi connectivity index (χ1n) is 5.43. The molecular formula is C25H50O2. The van der Waals surface area contributed by atoms with Crippen molar-refractivity contribution in [3.05, 3.63) is 70.9 Å². The quantitative estimate of drug-likeness (QED) is 0.419. The Hall–Kier alpha value is -2.35. The van der Waals surface area contributed by atoms with Gasteiger partial charge in [0.15, 0.2) is 5.43 Å². The Morgan fingerprint density at radius 3 is 1.52 bits per heavy atom. The minimum absolute atomic E-state index is 0. The zero-order chi connectivity index (χ0) is 11.7. The summed E-state index contributed by atoms with van der Waals surface area (Å²) in [5.41, 5.74) is 1.53. The minimum Gasteiger partial charge on any atom is -0.456 e. The van der Waals surface area contributed by atoms with Crippen LogP contribution in [0.4, 0.5) is 0 Å². The molecule has 0 aliphatic rings. The maximum absolute atomic E-state index is 11.9. The number of hydrogen-bond acceptors (Lipinski definition) is 2. The van der Waals surface area contributed by atoms with Crippen molar-refractivity contribution in [2.24, 2.45) is 0 Å². The molecule has 1 heterocycles. The smallest absolute Gasteiger partial charge is 0.193 e. The first-order chi connectivity index (χ1) is 8.34. The van der Waals surface area contributed by atoms with Gasteiger partial charge in [0.25, 0.3) is 0 Å². The van der Waals surface area contributed by atoms with Crippen molar-refractivity contribution in [3.63, 3.8) is 0 Å². The molecule has 0 N–H and O–H groups in total. The standard InChI is InChI=1S/C15H10O2.10CH4/c16-13-10-15(11-6-2-1-3-7-11)17-14-9-5-4-8-12(13)14;;;;;;;;;;/h1-10H;10*1H4. The molecule has 0 atom stereocenters. The third-order valence-corrected chi connectivity index (χ3v) is 2.69. The van der Waals surface area contributed by atoms with Gasteiger partial charge in [-0.15, -0.1) is 0 Å². The molecule has 0 bridgehead atoms. The molecule has 0 aliphatic heterocycles. The SMILES string of the molecule is C.C.C.C.C.C.C.C.C.C.O=c1cc(-c2ccccc2)oc2ccccc12. The predicted molar refractivity (Wildman–Crippen MR) is 135 cm³/mol. The number of para-hydroxylation sites is 1. The van der Waals surface area contributed by atoms with Crippen LogP contribution in [0.2, 0.25) is 0 Å². The number of rotatable bonds is 1. The summed E-state index contributed by atoms with van der Waals surface area (Å²) < 4.78 is 5.73. The average Bonchev–Trinajstić information content (AvgIpc) is 2.40. The van der Waals surface area contributed by atoms with Crippen LogP contribution in [-0.2, 0) is 0 Å². The molecule has 2 aromatic carbocycles. The van der Waals surface area contributed by atoms with E-state index in [2.05, 4.69) is 0 Å². The molecule has 0 aliphatic carbocycles. The van der Waals surface area contributed by atoms with Gasteiger partial charge in [0.05, 0.1) is 5.39 Å². The normalized spacial score (nSPS) is 6.67. The van der Waals surface area contributed by atoms with Crippen LogP contribution in [0.3, 0.4) is 0 Å². The van der Waals surface area contributed by atoms with Crippen LogP contribution in [0.15, 0.2) is 69.9 Å². The van der Waals surface area contributed by atoms with Gasteiger partial charge < -0.3 is 4.42 Å². The molecule has 3 aromatic rings. The highest BCUT2D eigenvalue weighted by atomic mass is 16.3. The van der Waals surface area contributed by atoms with Crippen molar-refractivity contribution in [2.45, 2.75) is 74.3 Å². The molecule has 0 saturated heterocycles. The lowest BCUT2D eigenvalue weighted by Gasteiger charge is -2.02. The Bertz CT molecular complexity index is 713. The molecule has 0 radical (unpaired) electrons. The average molecular weight is 383 g/mol. The predicted octanol–water partition coefficient (Wildman–Crippen LogP) is 9.82. The number of hydrogen-bond donors (Lipinski definition) is 0. The minimum atomic E-state index is -0.00861. The van der Waals surface area contributed by atoms with Crippen LogP contribution in [0.1, 0.15) is 74.3 Å². The van der Waals surface area contributed by atoms with Crippen molar-refractivity contribution in [1.29, 1.82) is 0 Å². The van der Waals surface area contributed by atoms with E-state index in [1.54, 1.807) is 6.07 Å². The maximum atomic E-state index is 11.9. The summed E-state index contributed by atoms with van der Waals surface area (Å²) in [6.45, 7) is 0. The second kappa shape index (κ2) is 21.7. The first kappa shape index (κ1) is 49.7. The van der Waals surface area contributed by atoms with E-state index in [-0.39, 0.29) is 79.7 Å². The van der Waals surface area contributed by atoms with Crippen LogP contribution in [-0.4, -0.2) is 0 Å². The Balaban J connectivity index is -0.0000000602. The molecule has 0 spiro atoms. The second-order valence-electron chi connectivity index (χ2n) is 3.84. The fraction of sp³-hybridized carbons (Fsp3) is 0.400. The van der Waals surface area contributed by atoms with Crippen LogP contribution < -0.4 is 5.43 Å². The van der Waals surface area contributed by atoms with Gasteiger partial charge in [-0.1, -0.05) is 117 Å². The van der Waals surface area contributed by atoms with Crippen LogP contribution in [0.5, 0.6) is 0 Å². The Labute approximate surface area is 172 Å². The van der Waals surface area contributed by atoms with Gasteiger partial charge in [-0.05, 0) is 12.1 Å². The van der Waals surface area contributed by atoms with E-state index < -0.39 is 0 Å². The summed E-state index contributed by atoms with van der Waals surface area (Å²) in [6.07, 6.45) is 0. The van der Waals surface area contributed by atoms with Gasteiger partial charge in [-0.2, -0.15) is 0 Å². The zero-order valence-electron chi connectivity index (χ0n) is 9.09. The van der Waals surface area contributed by atoms with Crippen molar-refractivity contribution < 1.29 is 4.42 Å². The fourth-order valence-corrected chi connectivity index (χ4v) is 1.85. The van der Waals surface area contributed by atoms with Gasteiger partial charge in [-0.25, -0.2) is 0 Å². The van der Waals surface area contributed by atoms with E-state index in [4.69, 9.17) is 4.42 Å². The van der Waals surface area contributed by atoms with Crippen molar-refractivity contribution in [1.82, 2.24) is 0 Å². The lowest BCUT2D eigenvalue weighted by Crippen LogP contribution is -1.99. The van der Waals surface area contributed by atoms with E-state index in [1.165, 1.54) is 6.07 Å². The summed E-state index contributed by atoms with van der Waals surface area (Å²) in [6, 6.07) is 18.4. The van der Waals surface area contributed by atoms with Crippen LogP contribution >= 0.6 is 0 Å². The molecule has 162 valence electrons. The molecular weight excluding hydrogens is 332 g/mol. The first-order valence-corrected chi connectivity index (χ1v) is 5.43. The van der Waals surface area contributed by atoms with Gasteiger partial charge in [0.1, 0.15) is 11.3 Å². The van der Waals surface area contributed by atoms with Crippen LogP contribution in [0, 0.1) is 0 Å². The molecule has 27 heavy (non-hydrogen) atoms. The molecule has 0 unspecified atom stereocenters. The lowest BCUT2D eigenvalue weighted by atomic mass is 10.1. The van der Waals surface area contributed by atoms with E-state index in [0.29, 0.717) is 16.7 Å². The highest BCUT2D eigenvalue weighted by molar-refractivity contribution is 5.78. The van der Waals surface area contributed by atoms with Gasteiger partial charge in [0, 0.05) is 11.6 Å². The van der Waals surface area contributed by atoms with E-state index >= 15 is 0 Å². The van der Waals surface area contributed by atoms with Gasteiger partial charge in [0.2, 0.25) is 0 Å². The molecule has 3 rings (SSSR count). The summed E-state index contributed by atoms with van der Waals surface area (Å²) in [4.78, 5) is 11.9. The topological polar surface area (TPSA) is 30.2 Å². The molecule has 0 amide bonds. The van der Waals surface area contributed by atoms with Gasteiger partial charge >= 0.3 is 0 Å². The van der Waals surface area contributed by atoms with Crippen molar-refractivity contribution >= 4 is 11.0 Å². The van der Waals surface area contributed by atoms with Gasteiger partial charge in [-0.3, -0.25) is 4.79 Å². The highest BCUT2D eigenvalue weighted by Gasteiger charge is 2.05. The lowest BCUT2D eigenvalue weighted by molar-refractivity contribution is 0.619. The Kier molecular flexibility index (Phi) is 40.0. The molecule has 0 saturated carbocycles. The molecule has 1 aromatic heterocycles. The number of benzene rings is 2. The Morgan fingerprint density at radius 2 is 1.00 bits per heavy atom. The molecule has 2 heteroatoms. The summed E-state index contributed by atoms with van der Waals surface area (Å²) >= 11 is 0. The maximum Gasteiger partial charge on any atom is 0.193 e. The third kappa shape index (κ3) is 10.4. The monoisotopic (exact) mass is 382 g/mol. The van der Waals surface area contributed by atoms with E-state index in [0.717, 1.165) is 5.56 Å². The summed E-state index contributed by atoms with van der Waals surface area (Å²) in [5.74, 6) is 0.606. The zero-order valence-corrected chi connectivity index (χ0v) is 9.09.